The number of amides is 2. The number of rotatable bonds is 7. The number of hydrazine groups is 1. The van der Waals surface area contributed by atoms with Crippen LogP contribution >= 0.6 is 11.6 Å². The fourth-order valence-corrected chi connectivity index (χ4v) is 2.81. The lowest BCUT2D eigenvalue weighted by Gasteiger charge is -2.30. The van der Waals surface area contributed by atoms with Gasteiger partial charge in [-0.15, -0.1) is 0 Å². The Morgan fingerprint density at radius 1 is 1.11 bits per heavy atom. The number of carbonyl (C=O) groups is 3. The highest BCUT2D eigenvalue weighted by atomic mass is 35.5. The number of halogens is 1. The molecular weight excluding hydrogens is 374 g/mol. The second kappa shape index (κ2) is 10.7. The Balaban J connectivity index is 1.61. The number of hydrogen-bond donors (Lipinski definition) is 2. The van der Waals surface area contributed by atoms with E-state index in [4.69, 9.17) is 21.1 Å². The summed E-state index contributed by atoms with van der Waals surface area (Å²) < 4.78 is 10.3. The maximum atomic E-state index is 11.9. The molecule has 2 rings (SSSR count). The molecule has 148 valence electrons. The molecule has 27 heavy (non-hydrogen) atoms. The maximum absolute atomic E-state index is 11.9. The fourth-order valence-electron chi connectivity index (χ4n) is 2.68. The van der Waals surface area contributed by atoms with Gasteiger partial charge >= 0.3 is 5.97 Å². The predicted octanol–water partition coefficient (Wildman–Crippen LogP) is 1.14. The molecule has 1 aromatic rings. The van der Waals surface area contributed by atoms with Gasteiger partial charge < -0.3 is 9.47 Å². The van der Waals surface area contributed by atoms with E-state index in [0.29, 0.717) is 43.3 Å². The first-order valence-electron chi connectivity index (χ1n) is 8.83. The molecule has 1 aliphatic heterocycles. The van der Waals surface area contributed by atoms with E-state index in [-0.39, 0.29) is 30.9 Å². The third kappa shape index (κ3) is 7.44. The number of likely N-dealkylation sites (tertiary alicyclic amines) is 1. The number of ether oxygens (including phenoxy) is 2. The van der Waals surface area contributed by atoms with Crippen LogP contribution in [-0.2, 0) is 19.1 Å². The summed E-state index contributed by atoms with van der Waals surface area (Å²) in [5.41, 5.74) is 4.66. The topological polar surface area (TPSA) is 97.0 Å². The SMILES string of the molecule is CCOC(=O)C1CCN(CC(=O)NNC(=O)COc2ccc(Cl)cc2)CC1. The van der Waals surface area contributed by atoms with Gasteiger partial charge in [0, 0.05) is 5.02 Å². The standard InChI is InChI=1S/C18H24ClN3O5/c1-2-26-18(25)13-7-9-22(10-8-13)11-16(23)20-21-17(24)12-27-15-5-3-14(19)4-6-15/h3-6,13H,2,7-12H2,1H3,(H,20,23)(H,21,24). The van der Waals surface area contributed by atoms with Gasteiger partial charge in [0.05, 0.1) is 19.1 Å². The maximum Gasteiger partial charge on any atom is 0.309 e. The van der Waals surface area contributed by atoms with Crippen LogP contribution in [0.5, 0.6) is 5.75 Å². The van der Waals surface area contributed by atoms with Gasteiger partial charge in [-0.25, -0.2) is 0 Å². The van der Waals surface area contributed by atoms with Crippen molar-refractivity contribution in [2.75, 3.05) is 32.8 Å². The molecule has 1 fully saturated rings. The van der Waals surface area contributed by atoms with Crippen LogP contribution < -0.4 is 15.6 Å². The Kier molecular flexibility index (Phi) is 8.35. The lowest BCUT2D eigenvalue weighted by atomic mass is 9.97. The van der Waals surface area contributed by atoms with Gasteiger partial charge in [-0.3, -0.25) is 30.1 Å². The lowest BCUT2D eigenvalue weighted by Crippen LogP contribution is -2.49. The Morgan fingerprint density at radius 3 is 2.37 bits per heavy atom. The van der Waals surface area contributed by atoms with Crippen molar-refractivity contribution in [1.82, 2.24) is 15.8 Å². The average Bonchev–Trinajstić information content (AvgIpc) is 2.66. The fraction of sp³-hybridized carbons (Fsp3) is 0.500. The van der Waals surface area contributed by atoms with Gasteiger partial charge in [0.25, 0.3) is 11.8 Å². The summed E-state index contributed by atoms with van der Waals surface area (Å²) in [4.78, 5) is 37.3. The molecule has 0 aliphatic carbocycles. The highest BCUT2D eigenvalue weighted by Crippen LogP contribution is 2.18. The number of benzene rings is 1. The monoisotopic (exact) mass is 397 g/mol. The summed E-state index contributed by atoms with van der Waals surface area (Å²) in [6.45, 7) is 3.34. The lowest BCUT2D eigenvalue weighted by molar-refractivity contribution is -0.149. The van der Waals surface area contributed by atoms with Crippen LogP contribution in [0.2, 0.25) is 5.02 Å². The summed E-state index contributed by atoms with van der Waals surface area (Å²) in [7, 11) is 0. The third-order valence-corrected chi connectivity index (χ3v) is 4.35. The van der Waals surface area contributed by atoms with Crippen LogP contribution in [0.15, 0.2) is 24.3 Å². The van der Waals surface area contributed by atoms with E-state index in [1.54, 1.807) is 31.2 Å². The van der Waals surface area contributed by atoms with E-state index in [0.717, 1.165) is 0 Å². The highest BCUT2D eigenvalue weighted by molar-refractivity contribution is 6.30. The zero-order valence-electron chi connectivity index (χ0n) is 15.2. The van der Waals surface area contributed by atoms with Gasteiger partial charge in [-0.05, 0) is 57.1 Å². The Bertz CT molecular complexity index is 645. The summed E-state index contributed by atoms with van der Waals surface area (Å²) >= 11 is 5.77. The summed E-state index contributed by atoms with van der Waals surface area (Å²) in [5, 5.41) is 0.574. The molecule has 0 aromatic heterocycles. The average molecular weight is 398 g/mol. The van der Waals surface area contributed by atoms with Crippen LogP contribution in [0.25, 0.3) is 0 Å². The second-order valence-electron chi connectivity index (χ2n) is 6.14. The predicted molar refractivity (Wildman–Crippen MR) is 99.0 cm³/mol. The molecule has 0 saturated carbocycles. The molecule has 0 unspecified atom stereocenters. The molecule has 1 aromatic carbocycles. The summed E-state index contributed by atoms with van der Waals surface area (Å²) in [6, 6.07) is 6.60. The van der Waals surface area contributed by atoms with Gasteiger partial charge in [0.15, 0.2) is 6.61 Å². The Hall–Kier alpha value is -2.32. The minimum Gasteiger partial charge on any atom is -0.484 e. The van der Waals surface area contributed by atoms with Crippen LogP contribution in [0.4, 0.5) is 0 Å². The van der Waals surface area contributed by atoms with Crippen molar-refractivity contribution in [3.05, 3.63) is 29.3 Å². The quantitative estimate of drug-likeness (QED) is 0.529. The number of nitrogens with zero attached hydrogens (tertiary/aromatic N) is 1. The Morgan fingerprint density at radius 2 is 1.74 bits per heavy atom. The molecule has 9 heteroatoms. The second-order valence-corrected chi connectivity index (χ2v) is 6.58. The number of nitrogens with one attached hydrogen (secondary N) is 2. The van der Waals surface area contributed by atoms with E-state index in [1.165, 1.54) is 0 Å². The van der Waals surface area contributed by atoms with Crippen molar-refractivity contribution in [2.24, 2.45) is 5.92 Å². The molecule has 0 bridgehead atoms. The van der Waals surface area contributed by atoms with Gasteiger partial charge in [0.2, 0.25) is 0 Å². The molecule has 1 aliphatic rings. The van der Waals surface area contributed by atoms with Crippen molar-refractivity contribution < 1.29 is 23.9 Å². The largest absolute Gasteiger partial charge is 0.484 e. The summed E-state index contributed by atoms with van der Waals surface area (Å²) in [6.07, 6.45) is 1.32. The zero-order valence-corrected chi connectivity index (χ0v) is 16.0. The minimum atomic E-state index is -0.473. The van der Waals surface area contributed by atoms with Crippen LogP contribution in [0.3, 0.4) is 0 Å². The first kappa shape index (κ1) is 21.0. The number of hydrogen-bond acceptors (Lipinski definition) is 6. The van der Waals surface area contributed by atoms with Gasteiger partial charge in [-0.2, -0.15) is 0 Å². The molecule has 0 atom stereocenters. The van der Waals surface area contributed by atoms with Crippen LogP contribution in [0.1, 0.15) is 19.8 Å². The van der Waals surface area contributed by atoms with Crippen molar-refractivity contribution in [3.63, 3.8) is 0 Å². The van der Waals surface area contributed by atoms with E-state index in [1.807, 2.05) is 4.90 Å². The highest BCUT2D eigenvalue weighted by Gasteiger charge is 2.26. The first-order chi connectivity index (χ1) is 13.0. The smallest absolute Gasteiger partial charge is 0.309 e. The minimum absolute atomic E-state index is 0.103. The molecule has 1 heterocycles. The molecule has 0 spiro atoms. The molecular formula is C18H24ClN3O5. The van der Waals surface area contributed by atoms with Crippen LogP contribution in [0, 0.1) is 5.92 Å². The molecule has 0 radical (unpaired) electrons. The van der Waals surface area contributed by atoms with E-state index in [2.05, 4.69) is 10.9 Å². The normalized spacial score (nSPS) is 15.0. The zero-order chi connectivity index (χ0) is 19.6. The van der Waals surface area contributed by atoms with E-state index < -0.39 is 5.91 Å². The number of esters is 1. The van der Waals surface area contributed by atoms with Gasteiger partial charge in [0.1, 0.15) is 5.75 Å². The molecule has 2 N–H and O–H groups in total. The molecule has 2 amide bonds. The Labute approximate surface area is 163 Å². The van der Waals surface area contributed by atoms with Gasteiger partial charge in [-0.1, -0.05) is 11.6 Å². The van der Waals surface area contributed by atoms with Crippen molar-refractivity contribution in [3.8, 4) is 5.75 Å². The van der Waals surface area contributed by atoms with Crippen molar-refractivity contribution in [2.45, 2.75) is 19.8 Å². The number of piperidine rings is 1. The molecule has 8 nitrogen and oxygen atoms in total. The van der Waals surface area contributed by atoms with Crippen LogP contribution in [-0.4, -0.2) is 55.5 Å². The van der Waals surface area contributed by atoms with Crippen molar-refractivity contribution >= 4 is 29.4 Å². The summed E-state index contributed by atoms with van der Waals surface area (Å²) in [5.74, 6) is -0.572. The third-order valence-electron chi connectivity index (χ3n) is 4.10. The molecule has 1 saturated heterocycles. The van der Waals surface area contributed by atoms with E-state index >= 15 is 0 Å². The van der Waals surface area contributed by atoms with E-state index in [9.17, 15) is 14.4 Å². The number of carbonyl (C=O) groups excluding carboxylic acids is 3. The first-order valence-corrected chi connectivity index (χ1v) is 9.20. The van der Waals surface area contributed by atoms with Crippen molar-refractivity contribution in [1.29, 1.82) is 0 Å².